The Balaban J connectivity index is 4.02. The van der Waals surface area contributed by atoms with Crippen LogP contribution in [0.5, 0.6) is 0 Å². The molecule has 0 heterocycles. The summed E-state index contributed by atoms with van der Waals surface area (Å²) in [4.78, 5) is 0. The Morgan fingerprint density at radius 1 is 1.08 bits per heavy atom. The number of nitrogens with two attached hydrogens (primary N) is 4. The molecule has 0 bridgehead atoms. The molecule has 0 saturated carbocycles. The summed E-state index contributed by atoms with van der Waals surface area (Å²) in [6.07, 6.45) is 0.724. The van der Waals surface area contributed by atoms with Gasteiger partial charge in [-0.15, -0.1) is 0 Å². The van der Waals surface area contributed by atoms with Crippen molar-refractivity contribution >= 4 is 0 Å². The zero-order valence-corrected chi connectivity index (χ0v) is 8.09. The maximum atomic E-state index is 5.89. The van der Waals surface area contributed by atoms with Crippen molar-refractivity contribution < 1.29 is 0 Å². The summed E-state index contributed by atoms with van der Waals surface area (Å²) in [6, 6.07) is 0. The quantitative estimate of drug-likeness (QED) is 0.409. The van der Waals surface area contributed by atoms with Crippen LogP contribution in [0.4, 0.5) is 0 Å². The van der Waals surface area contributed by atoms with E-state index in [0.29, 0.717) is 19.0 Å². The highest BCUT2D eigenvalue weighted by Crippen LogP contribution is 2.16. The van der Waals surface area contributed by atoms with Crippen molar-refractivity contribution in [2.45, 2.75) is 25.9 Å². The summed E-state index contributed by atoms with van der Waals surface area (Å²) in [5.74, 6) is 0.487. The van der Waals surface area contributed by atoms with Gasteiger partial charge in [-0.3, -0.25) is 0 Å². The standard InChI is InChI=1S/C8H22N4/c1-6(4-9)3-8(11,12)7(2)5-10/h6-7H,3-5,9-12H2,1-2H3. The van der Waals surface area contributed by atoms with Gasteiger partial charge in [-0.1, -0.05) is 13.8 Å². The van der Waals surface area contributed by atoms with Gasteiger partial charge in [0.2, 0.25) is 0 Å². The van der Waals surface area contributed by atoms with E-state index >= 15 is 0 Å². The van der Waals surface area contributed by atoms with E-state index in [4.69, 9.17) is 22.9 Å². The van der Waals surface area contributed by atoms with Crippen LogP contribution in [0.3, 0.4) is 0 Å². The molecule has 0 amide bonds. The molecule has 0 aliphatic heterocycles. The lowest BCUT2D eigenvalue weighted by Crippen LogP contribution is -2.58. The van der Waals surface area contributed by atoms with Crippen molar-refractivity contribution in [3.8, 4) is 0 Å². The van der Waals surface area contributed by atoms with Gasteiger partial charge < -0.3 is 22.9 Å². The second-order valence-electron chi connectivity index (χ2n) is 3.79. The Hall–Kier alpha value is -0.160. The highest BCUT2D eigenvalue weighted by molar-refractivity contribution is 4.85. The van der Waals surface area contributed by atoms with Crippen LogP contribution in [0, 0.1) is 11.8 Å². The van der Waals surface area contributed by atoms with E-state index in [1.807, 2.05) is 13.8 Å². The summed E-state index contributed by atoms with van der Waals surface area (Å²) in [6.45, 7) is 5.14. The molecule has 0 aromatic carbocycles. The molecule has 0 aromatic rings. The summed E-state index contributed by atoms with van der Waals surface area (Å²) in [7, 11) is 0. The predicted molar refractivity (Wildman–Crippen MR) is 52.2 cm³/mol. The summed E-state index contributed by atoms with van der Waals surface area (Å²) < 4.78 is 0. The largest absolute Gasteiger partial charge is 0.330 e. The molecule has 0 rings (SSSR count). The zero-order valence-electron chi connectivity index (χ0n) is 8.09. The second kappa shape index (κ2) is 4.77. The van der Waals surface area contributed by atoms with E-state index in [9.17, 15) is 0 Å². The summed E-state index contributed by atoms with van der Waals surface area (Å²) in [5.41, 5.74) is 22.1. The first kappa shape index (κ1) is 11.8. The van der Waals surface area contributed by atoms with Crippen molar-refractivity contribution in [2.75, 3.05) is 13.1 Å². The average molecular weight is 174 g/mol. The molecule has 4 heteroatoms. The van der Waals surface area contributed by atoms with E-state index < -0.39 is 5.66 Å². The van der Waals surface area contributed by atoms with Gasteiger partial charge in [-0.2, -0.15) is 0 Å². The van der Waals surface area contributed by atoms with Crippen molar-refractivity contribution in [1.29, 1.82) is 0 Å². The maximum Gasteiger partial charge on any atom is 0.0678 e. The maximum absolute atomic E-state index is 5.89. The minimum Gasteiger partial charge on any atom is -0.330 e. The Bertz CT molecular complexity index is 124. The Kier molecular flexibility index (Phi) is 4.70. The van der Waals surface area contributed by atoms with Gasteiger partial charge >= 0.3 is 0 Å². The molecule has 0 radical (unpaired) electrons. The third-order valence-corrected chi connectivity index (χ3v) is 2.38. The molecule has 8 N–H and O–H groups in total. The van der Waals surface area contributed by atoms with E-state index in [-0.39, 0.29) is 5.92 Å². The molecule has 74 valence electrons. The fourth-order valence-corrected chi connectivity index (χ4v) is 1.11. The van der Waals surface area contributed by atoms with Crippen LogP contribution in [-0.2, 0) is 0 Å². The summed E-state index contributed by atoms with van der Waals surface area (Å²) >= 11 is 0. The van der Waals surface area contributed by atoms with E-state index in [1.54, 1.807) is 0 Å². The molecule has 2 atom stereocenters. The number of hydrogen-bond donors (Lipinski definition) is 4. The van der Waals surface area contributed by atoms with Crippen molar-refractivity contribution in [2.24, 2.45) is 34.8 Å². The first-order valence-electron chi connectivity index (χ1n) is 4.42. The van der Waals surface area contributed by atoms with Crippen LogP contribution < -0.4 is 22.9 Å². The minimum absolute atomic E-state index is 0.131. The first-order chi connectivity index (χ1) is 5.44. The Labute approximate surface area is 74.7 Å². The Morgan fingerprint density at radius 3 is 1.92 bits per heavy atom. The van der Waals surface area contributed by atoms with Gasteiger partial charge in [0.25, 0.3) is 0 Å². The van der Waals surface area contributed by atoms with Crippen molar-refractivity contribution in [1.82, 2.24) is 0 Å². The molecular weight excluding hydrogens is 152 g/mol. The third-order valence-electron chi connectivity index (χ3n) is 2.38. The Morgan fingerprint density at radius 2 is 1.58 bits per heavy atom. The van der Waals surface area contributed by atoms with Crippen LogP contribution in [0.2, 0.25) is 0 Å². The lowest BCUT2D eigenvalue weighted by atomic mass is 9.87. The molecule has 0 aliphatic rings. The van der Waals surface area contributed by atoms with Crippen LogP contribution in [0.1, 0.15) is 20.3 Å². The number of hydrogen-bond acceptors (Lipinski definition) is 4. The van der Waals surface area contributed by atoms with Gasteiger partial charge in [-0.05, 0) is 31.3 Å². The van der Waals surface area contributed by atoms with E-state index in [0.717, 1.165) is 6.42 Å². The van der Waals surface area contributed by atoms with E-state index in [2.05, 4.69) is 0 Å². The molecule has 0 aliphatic carbocycles. The molecule has 0 saturated heterocycles. The third kappa shape index (κ3) is 3.49. The van der Waals surface area contributed by atoms with Crippen LogP contribution in [0.25, 0.3) is 0 Å². The molecule has 2 unspecified atom stereocenters. The van der Waals surface area contributed by atoms with E-state index in [1.165, 1.54) is 0 Å². The van der Waals surface area contributed by atoms with Crippen LogP contribution in [0.15, 0.2) is 0 Å². The molecule has 4 nitrogen and oxygen atoms in total. The lowest BCUT2D eigenvalue weighted by molar-refractivity contribution is 0.248. The fraction of sp³-hybridized carbons (Fsp3) is 1.00. The first-order valence-corrected chi connectivity index (χ1v) is 4.42. The molecule has 0 spiro atoms. The molecule has 0 fully saturated rings. The second-order valence-corrected chi connectivity index (χ2v) is 3.79. The predicted octanol–water partition coefficient (Wildman–Crippen LogP) is -0.820. The van der Waals surface area contributed by atoms with Gasteiger partial charge in [-0.25, -0.2) is 0 Å². The normalized spacial score (nSPS) is 17.5. The fourth-order valence-electron chi connectivity index (χ4n) is 1.11. The average Bonchev–Trinajstić information content (AvgIpc) is 2.02. The smallest absolute Gasteiger partial charge is 0.0678 e. The SMILES string of the molecule is CC(CN)CC(N)(N)C(C)CN. The van der Waals surface area contributed by atoms with Gasteiger partial charge in [0.15, 0.2) is 0 Å². The zero-order chi connectivity index (χ0) is 9.78. The van der Waals surface area contributed by atoms with Gasteiger partial charge in [0, 0.05) is 0 Å². The molecular formula is C8H22N4. The number of rotatable bonds is 5. The van der Waals surface area contributed by atoms with Crippen LogP contribution in [-0.4, -0.2) is 18.8 Å². The lowest BCUT2D eigenvalue weighted by Gasteiger charge is -2.32. The van der Waals surface area contributed by atoms with Crippen molar-refractivity contribution in [3.05, 3.63) is 0 Å². The molecule has 12 heavy (non-hydrogen) atoms. The van der Waals surface area contributed by atoms with Crippen molar-refractivity contribution in [3.63, 3.8) is 0 Å². The topological polar surface area (TPSA) is 104 Å². The van der Waals surface area contributed by atoms with Gasteiger partial charge in [0.05, 0.1) is 5.66 Å². The highest BCUT2D eigenvalue weighted by Gasteiger charge is 2.27. The van der Waals surface area contributed by atoms with Crippen LogP contribution >= 0.6 is 0 Å². The monoisotopic (exact) mass is 174 g/mol. The highest BCUT2D eigenvalue weighted by atomic mass is 15.0. The van der Waals surface area contributed by atoms with Gasteiger partial charge in [0.1, 0.15) is 0 Å². The summed E-state index contributed by atoms with van der Waals surface area (Å²) in [5, 5.41) is 0. The molecule has 0 aromatic heterocycles. The minimum atomic E-state index is -0.673.